The fraction of sp³-hybridized carbons (Fsp3) is 0.476. The van der Waals surface area contributed by atoms with Crippen LogP contribution in [0.4, 0.5) is 5.95 Å². The third kappa shape index (κ3) is 3.57. The van der Waals surface area contributed by atoms with Crippen molar-refractivity contribution < 1.29 is 4.79 Å². The fourth-order valence-electron chi connectivity index (χ4n) is 3.66. The molecule has 0 spiro atoms. The Labute approximate surface area is 154 Å². The molecule has 1 aromatic carbocycles. The van der Waals surface area contributed by atoms with E-state index in [4.69, 9.17) is 4.98 Å². The highest BCUT2D eigenvalue weighted by atomic mass is 16.2. The molecule has 2 aromatic rings. The third-order valence-electron chi connectivity index (χ3n) is 5.55. The van der Waals surface area contributed by atoms with Crippen LogP contribution in [0.2, 0.25) is 0 Å². The highest BCUT2D eigenvalue weighted by Gasteiger charge is 2.41. The lowest BCUT2D eigenvalue weighted by atomic mass is 9.74. The van der Waals surface area contributed by atoms with Gasteiger partial charge in [0.05, 0.1) is 11.1 Å². The van der Waals surface area contributed by atoms with Gasteiger partial charge in [0, 0.05) is 19.3 Å². The Hall–Kier alpha value is -2.43. The van der Waals surface area contributed by atoms with E-state index in [9.17, 15) is 4.79 Å². The van der Waals surface area contributed by atoms with Gasteiger partial charge in [0.25, 0.3) is 0 Å². The molecule has 1 unspecified atom stereocenters. The molecule has 1 heterocycles. The average Bonchev–Trinajstić information content (AvgIpc) is 3.50. The van der Waals surface area contributed by atoms with E-state index in [0.717, 1.165) is 37.1 Å². The maximum atomic E-state index is 12.9. The van der Waals surface area contributed by atoms with E-state index in [1.165, 1.54) is 18.4 Å². The van der Waals surface area contributed by atoms with E-state index in [1.54, 1.807) is 0 Å². The maximum Gasteiger partial charge on any atom is 0.231 e. The Kier molecular flexibility index (Phi) is 4.62. The van der Waals surface area contributed by atoms with Crippen LogP contribution in [0.25, 0.3) is 0 Å². The summed E-state index contributed by atoms with van der Waals surface area (Å²) in [6.07, 6.45) is 7.15. The second-order valence-corrected chi connectivity index (χ2v) is 7.75. The van der Waals surface area contributed by atoms with Crippen LogP contribution in [0.15, 0.2) is 36.5 Å². The van der Waals surface area contributed by atoms with Crippen molar-refractivity contribution in [2.75, 3.05) is 11.9 Å². The molecular weight excluding hydrogens is 324 g/mol. The molecule has 1 atom stereocenters. The predicted octanol–water partition coefficient (Wildman–Crippen LogP) is 3.21. The molecule has 5 heteroatoms. The lowest BCUT2D eigenvalue weighted by Gasteiger charge is -2.33. The van der Waals surface area contributed by atoms with Crippen molar-refractivity contribution in [1.82, 2.24) is 15.3 Å². The second-order valence-electron chi connectivity index (χ2n) is 7.75. The van der Waals surface area contributed by atoms with Crippen molar-refractivity contribution in [1.29, 1.82) is 0 Å². The van der Waals surface area contributed by atoms with Gasteiger partial charge in [0.15, 0.2) is 0 Å². The molecule has 2 N–H and O–H groups in total. The lowest BCUT2D eigenvalue weighted by molar-refractivity contribution is -0.126. The molecule has 0 bridgehead atoms. The Morgan fingerprint density at radius 3 is 2.85 bits per heavy atom. The first kappa shape index (κ1) is 17.0. The summed E-state index contributed by atoms with van der Waals surface area (Å²) in [7, 11) is 0. The number of aromatic nitrogens is 2. The van der Waals surface area contributed by atoms with Gasteiger partial charge in [-0.1, -0.05) is 30.3 Å². The number of amides is 1. The molecule has 1 amide bonds. The van der Waals surface area contributed by atoms with E-state index >= 15 is 0 Å². The maximum absolute atomic E-state index is 12.9. The third-order valence-corrected chi connectivity index (χ3v) is 5.55. The minimum Gasteiger partial charge on any atom is -0.355 e. The summed E-state index contributed by atoms with van der Waals surface area (Å²) >= 11 is 0. The number of carbonyl (C=O) groups excluding carboxylic acids is 1. The zero-order chi connectivity index (χ0) is 18.0. The molecule has 4 rings (SSSR count). The largest absolute Gasteiger partial charge is 0.355 e. The normalized spacial score (nSPS) is 21.7. The smallest absolute Gasteiger partial charge is 0.231 e. The van der Waals surface area contributed by atoms with Gasteiger partial charge in [-0.05, 0) is 56.1 Å². The van der Waals surface area contributed by atoms with Crippen molar-refractivity contribution in [3.8, 4) is 0 Å². The van der Waals surface area contributed by atoms with Crippen LogP contribution in [-0.2, 0) is 23.2 Å². The average molecular weight is 350 g/mol. The van der Waals surface area contributed by atoms with Crippen molar-refractivity contribution >= 4 is 11.9 Å². The summed E-state index contributed by atoms with van der Waals surface area (Å²) in [6.45, 7) is 3.50. The number of carbonyl (C=O) groups is 1. The molecule has 1 saturated carbocycles. The van der Waals surface area contributed by atoms with Crippen LogP contribution >= 0.6 is 0 Å². The zero-order valence-corrected chi connectivity index (χ0v) is 15.3. The zero-order valence-electron chi connectivity index (χ0n) is 15.3. The van der Waals surface area contributed by atoms with E-state index in [1.807, 2.05) is 31.3 Å². The summed E-state index contributed by atoms with van der Waals surface area (Å²) in [6, 6.07) is 10.2. The first-order chi connectivity index (χ1) is 12.6. The molecule has 0 saturated heterocycles. The number of rotatable bonds is 6. The van der Waals surface area contributed by atoms with Crippen molar-refractivity contribution in [2.24, 2.45) is 5.92 Å². The summed E-state index contributed by atoms with van der Waals surface area (Å²) in [5, 5.41) is 6.45. The number of benzene rings is 1. The number of aryl methyl sites for hydroxylation is 1. The Morgan fingerprint density at radius 1 is 1.27 bits per heavy atom. The van der Waals surface area contributed by atoms with Crippen molar-refractivity contribution in [3.63, 3.8) is 0 Å². The van der Waals surface area contributed by atoms with Gasteiger partial charge in [0.2, 0.25) is 11.9 Å². The number of nitrogens with one attached hydrogen (secondary N) is 2. The topological polar surface area (TPSA) is 66.9 Å². The van der Waals surface area contributed by atoms with Crippen LogP contribution in [0.1, 0.15) is 49.4 Å². The van der Waals surface area contributed by atoms with Gasteiger partial charge in [-0.25, -0.2) is 9.97 Å². The molecule has 2 aliphatic rings. The number of hydrogen-bond donors (Lipinski definition) is 2. The summed E-state index contributed by atoms with van der Waals surface area (Å²) < 4.78 is 0. The number of nitrogens with zero attached hydrogens (tertiary/aromatic N) is 2. The first-order valence-electron chi connectivity index (χ1n) is 9.58. The molecule has 0 aliphatic heterocycles. The van der Waals surface area contributed by atoms with Gasteiger partial charge in [-0.3, -0.25) is 4.79 Å². The second kappa shape index (κ2) is 7.06. The number of anilines is 1. The quantitative estimate of drug-likeness (QED) is 0.839. The van der Waals surface area contributed by atoms with Crippen LogP contribution in [0.3, 0.4) is 0 Å². The minimum absolute atomic E-state index is 0.109. The fourth-order valence-corrected chi connectivity index (χ4v) is 3.66. The van der Waals surface area contributed by atoms with Crippen LogP contribution < -0.4 is 10.6 Å². The summed E-state index contributed by atoms with van der Waals surface area (Å²) in [4.78, 5) is 22.1. The minimum atomic E-state index is -0.561. The van der Waals surface area contributed by atoms with E-state index in [-0.39, 0.29) is 5.91 Å². The van der Waals surface area contributed by atoms with E-state index in [0.29, 0.717) is 18.4 Å². The van der Waals surface area contributed by atoms with E-state index in [2.05, 4.69) is 27.8 Å². The van der Waals surface area contributed by atoms with Crippen molar-refractivity contribution in [3.05, 3.63) is 53.3 Å². The SMILES string of the molecule is CC1(C(=O)NCC2CC2)CCCc2cnc(NCc3ccccc3)nc21. The molecule has 1 fully saturated rings. The molecule has 136 valence electrons. The van der Waals surface area contributed by atoms with Crippen LogP contribution in [0, 0.1) is 5.92 Å². The highest BCUT2D eigenvalue weighted by molar-refractivity contribution is 5.88. The van der Waals surface area contributed by atoms with Crippen LogP contribution in [0.5, 0.6) is 0 Å². The van der Waals surface area contributed by atoms with Crippen LogP contribution in [-0.4, -0.2) is 22.4 Å². The standard InChI is InChI=1S/C21H26N4O/c1-21(19(26)22-12-16-9-10-16)11-5-8-17-14-24-20(25-18(17)21)23-13-15-6-3-2-4-7-15/h2-4,6-7,14,16H,5,8-13H2,1H3,(H,22,26)(H,23,24,25). The molecule has 1 aromatic heterocycles. The molecule has 2 aliphatic carbocycles. The molecule has 26 heavy (non-hydrogen) atoms. The highest BCUT2D eigenvalue weighted by Crippen LogP contribution is 2.37. The number of hydrogen-bond acceptors (Lipinski definition) is 4. The van der Waals surface area contributed by atoms with Gasteiger partial charge < -0.3 is 10.6 Å². The van der Waals surface area contributed by atoms with Gasteiger partial charge >= 0.3 is 0 Å². The Bertz CT molecular complexity index is 788. The van der Waals surface area contributed by atoms with Gasteiger partial charge in [-0.2, -0.15) is 0 Å². The Balaban J connectivity index is 1.52. The molecule has 5 nitrogen and oxygen atoms in total. The summed E-state index contributed by atoms with van der Waals surface area (Å²) in [5.41, 5.74) is 2.61. The molecular formula is C21H26N4O. The Morgan fingerprint density at radius 2 is 2.08 bits per heavy atom. The van der Waals surface area contributed by atoms with Gasteiger partial charge in [-0.15, -0.1) is 0 Å². The van der Waals surface area contributed by atoms with Gasteiger partial charge in [0.1, 0.15) is 0 Å². The lowest BCUT2D eigenvalue weighted by Crippen LogP contribution is -2.45. The van der Waals surface area contributed by atoms with Crippen molar-refractivity contribution in [2.45, 2.75) is 51.0 Å². The number of fused-ring (bicyclic) bond motifs is 1. The monoisotopic (exact) mass is 350 g/mol. The first-order valence-corrected chi connectivity index (χ1v) is 9.58. The predicted molar refractivity (Wildman–Crippen MR) is 102 cm³/mol. The van der Waals surface area contributed by atoms with E-state index < -0.39 is 5.41 Å². The molecule has 0 radical (unpaired) electrons. The summed E-state index contributed by atoms with van der Waals surface area (Å²) in [5.74, 6) is 1.38.